The van der Waals surface area contributed by atoms with Gasteiger partial charge in [-0.1, -0.05) is 6.07 Å². The molecular weight excluding hydrogens is 317 g/mol. The monoisotopic (exact) mass is 336 g/mol. The minimum absolute atomic E-state index is 0.321. The number of anilines is 2. The van der Waals surface area contributed by atoms with E-state index < -0.39 is 17.8 Å². The van der Waals surface area contributed by atoms with Crippen LogP contribution in [0.1, 0.15) is 23.6 Å². The number of nitrogens with one attached hydrogen (secondary N) is 2. The highest BCUT2D eigenvalue weighted by Crippen LogP contribution is 2.29. The number of amides is 1. The summed E-state index contributed by atoms with van der Waals surface area (Å²) in [7, 11) is 0. The zero-order valence-electron chi connectivity index (χ0n) is 13.7. The molecule has 1 atom stereocenters. The third-order valence-electron chi connectivity index (χ3n) is 3.76. The molecule has 6 heteroatoms. The Balaban J connectivity index is 1.99. The van der Waals surface area contributed by atoms with Crippen molar-refractivity contribution < 1.29 is 18.0 Å². The predicted octanol–water partition coefficient (Wildman–Crippen LogP) is 4.76. The van der Waals surface area contributed by atoms with Gasteiger partial charge in [-0.3, -0.25) is 4.79 Å². The zero-order valence-corrected chi connectivity index (χ0v) is 13.7. The Morgan fingerprint density at radius 2 is 1.54 bits per heavy atom. The molecule has 2 N–H and O–H groups in total. The second-order valence-corrected chi connectivity index (χ2v) is 5.73. The van der Waals surface area contributed by atoms with E-state index in [-0.39, 0.29) is 5.91 Å². The molecule has 0 bridgehead atoms. The van der Waals surface area contributed by atoms with Gasteiger partial charge in [0, 0.05) is 11.4 Å². The van der Waals surface area contributed by atoms with E-state index in [2.05, 4.69) is 10.6 Å². The Bertz CT molecular complexity index is 724. The summed E-state index contributed by atoms with van der Waals surface area (Å²) in [5.74, 6) is -0.326. The molecule has 0 aliphatic carbocycles. The van der Waals surface area contributed by atoms with Gasteiger partial charge in [-0.15, -0.1) is 0 Å². The summed E-state index contributed by atoms with van der Waals surface area (Å²) in [6, 6.07) is 9.61. The summed E-state index contributed by atoms with van der Waals surface area (Å²) in [5, 5.41) is 5.67. The Morgan fingerprint density at radius 3 is 2.08 bits per heavy atom. The van der Waals surface area contributed by atoms with Gasteiger partial charge in [-0.05, 0) is 68.3 Å². The van der Waals surface area contributed by atoms with Crippen LogP contribution >= 0.6 is 0 Å². The van der Waals surface area contributed by atoms with E-state index in [4.69, 9.17) is 0 Å². The first-order chi connectivity index (χ1) is 11.2. The lowest BCUT2D eigenvalue weighted by Gasteiger charge is -2.16. The summed E-state index contributed by atoms with van der Waals surface area (Å²) in [6.45, 7) is 5.67. The highest BCUT2D eigenvalue weighted by molar-refractivity contribution is 5.96. The number of hydrogen-bond acceptors (Lipinski definition) is 2. The fraction of sp³-hybridized carbons (Fsp3) is 0.278. The molecule has 3 nitrogen and oxygen atoms in total. The third-order valence-corrected chi connectivity index (χ3v) is 3.76. The fourth-order valence-electron chi connectivity index (χ4n) is 2.14. The van der Waals surface area contributed by atoms with E-state index >= 15 is 0 Å². The van der Waals surface area contributed by atoms with Crippen molar-refractivity contribution in [3.63, 3.8) is 0 Å². The van der Waals surface area contributed by atoms with Crippen molar-refractivity contribution in [3.05, 3.63) is 59.2 Å². The molecule has 0 saturated carbocycles. The van der Waals surface area contributed by atoms with Gasteiger partial charge < -0.3 is 10.6 Å². The molecular formula is C18H19F3N2O. The van der Waals surface area contributed by atoms with Crippen LogP contribution in [0.5, 0.6) is 0 Å². The number of rotatable bonds is 4. The lowest BCUT2D eigenvalue weighted by molar-refractivity contribution is -0.137. The lowest BCUT2D eigenvalue weighted by Crippen LogP contribution is -2.31. The molecule has 2 aromatic rings. The Hall–Kier alpha value is -2.50. The van der Waals surface area contributed by atoms with E-state index in [9.17, 15) is 18.0 Å². The van der Waals surface area contributed by atoms with Gasteiger partial charge in [-0.25, -0.2) is 0 Å². The molecule has 24 heavy (non-hydrogen) atoms. The molecule has 0 radical (unpaired) electrons. The van der Waals surface area contributed by atoms with Crippen LogP contribution < -0.4 is 10.6 Å². The van der Waals surface area contributed by atoms with Gasteiger partial charge >= 0.3 is 6.18 Å². The van der Waals surface area contributed by atoms with E-state index in [0.717, 1.165) is 28.9 Å². The van der Waals surface area contributed by atoms with Crippen molar-refractivity contribution in [2.24, 2.45) is 0 Å². The van der Waals surface area contributed by atoms with Crippen molar-refractivity contribution in [2.45, 2.75) is 33.0 Å². The Labute approximate surface area is 138 Å². The first kappa shape index (κ1) is 17.8. The van der Waals surface area contributed by atoms with Crippen LogP contribution in [0.2, 0.25) is 0 Å². The first-order valence-electron chi connectivity index (χ1n) is 7.49. The summed E-state index contributed by atoms with van der Waals surface area (Å²) in [4.78, 5) is 12.2. The molecule has 0 aliphatic heterocycles. The Kier molecular flexibility index (Phi) is 5.17. The minimum atomic E-state index is -4.39. The van der Waals surface area contributed by atoms with Crippen LogP contribution in [0.4, 0.5) is 24.5 Å². The molecule has 0 spiro atoms. The molecule has 0 aliphatic rings. The van der Waals surface area contributed by atoms with E-state index in [1.54, 1.807) is 6.92 Å². The normalized spacial score (nSPS) is 12.6. The number of carbonyl (C=O) groups excluding carboxylic acids is 1. The number of aryl methyl sites for hydroxylation is 2. The van der Waals surface area contributed by atoms with Crippen molar-refractivity contribution in [2.75, 3.05) is 10.6 Å². The van der Waals surface area contributed by atoms with Gasteiger partial charge in [0.2, 0.25) is 5.91 Å². The molecule has 128 valence electrons. The SMILES string of the molecule is Cc1ccc(NC(C)C(=O)Nc2ccc(C(F)(F)F)cc2)cc1C. The van der Waals surface area contributed by atoms with Crippen LogP contribution in [-0.2, 0) is 11.0 Å². The summed E-state index contributed by atoms with van der Waals surface area (Å²) in [6.07, 6.45) is -4.39. The van der Waals surface area contributed by atoms with Crippen LogP contribution in [0, 0.1) is 13.8 Å². The average molecular weight is 336 g/mol. The van der Waals surface area contributed by atoms with Gasteiger partial charge in [0.1, 0.15) is 6.04 Å². The number of alkyl halides is 3. The van der Waals surface area contributed by atoms with E-state index in [1.807, 2.05) is 32.0 Å². The third kappa shape index (κ3) is 4.50. The number of benzene rings is 2. The van der Waals surface area contributed by atoms with Gasteiger partial charge in [-0.2, -0.15) is 13.2 Å². The maximum absolute atomic E-state index is 12.5. The Morgan fingerprint density at radius 1 is 0.958 bits per heavy atom. The van der Waals surface area contributed by atoms with Crippen molar-refractivity contribution in [1.82, 2.24) is 0 Å². The predicted molar refractivity (Wildman–Crippen MR) is 89.1 cm³/mol. The van der Waals surface area contributed by atoms with Gasteiger partial charge in [0.25, 0.3) is 0 Å². The largest absolute Gasteiger partial charge is 0.416 e. The van der Waals surface area contributed by atoms with Crippen LogP contribution in [0.3, 0.4) is 0 Å². The fourth-order valence-corrected chi connectivity index (χ4v) is 2.14. The number of carbonyl (C=O) groups is 1. The maximum Gasteiger partial charge on any atom is 0.416 e. The van der Waals surface area contributed by atoms with Crippen molar-refractivity contribution in [3.8, 4) is 0 Å². The second-order valence-electron chi connectivity index (χ2n) is 5.73. The van der Waals surface area contributed by atoms with Crippen LogP contribution in [0.15, 0.2) is 42.5 Å². The van der Waals surface area contributed by atoms with Crippen LogP contribution in [0.25, 0.3) is 0 Å². The molecule has 0 heterocycles. The van der Waals surface area contributed by atoms with E-state index in [1.165, 1.54) is 12.1 Å². The topological polar surface area (TPSA) is 41.1 Å². The smallest absolute Gasteiger partial charge is 0.374 e. The number of hydrogen-bond donors (Lipinski definition) is 2. The maximum atomic E-state index is 12.5. The van der Waals surface area contributed by atoms with Gasteiger partial charge in [0.05, 0.1) is 5.56 Å². The number of halogens is 3. The van der Waals surface area contributed by atoms with Crippen molar-refractivity contribution >= 4 is 17.3 Å². The molecule has 0 aromatic heterocycles. The molecule has 1 amide bonds. The highest BCUT2D eigenvalue weighted by atomic mass is 19.4. The van der Waals surface area contributed by atoms with Crippen molar-refractivity contribution in [1.29, 1.82) is 0 Å². The highest BCUT2D eigenvalue weighted by Gasteiger charge is 2.30. The molecule has 2 aromatic carbocycles. The summed E-state index contributed by atoms with van der Waals surface area (Å²) < 4.78 is 37.5. The molecule has 0 fully saturated rings. The quantitative estimate of drug-likeness (QED) is 0.845. The molecule has 2 rings (SSSR count). The van der Waals surface area contributed by atoms with E-state index in [0.29, 0.717) is 5.69 Å². The summed E-state index contributed by atoms with van der Waals surface area (Å²) >= 11 is 0. The summed E-state index contributed by atoms with van der Waals surface area (Å²) in [5.41, 5.74) is 2.65. The first-order valence-corrected chi connectivity index (χ1v) is 7.49. The minimum Gasteiger partial charge on any atom is -0.374 e. The van der Waals surface area contributed by atoms with Crippen LogP contribution in [-0.4, -0.2) is 11.9 Å². The second kappa shape index (κ2) is 6.95. The molecule has 1 unspecified atom stereocenters. The molecule has 0 saturated heterocycles. The van der Waals surface area contributed by atoms with Gasteiger partial charge in [0.15, 0.2) is 0 Å². The average Bonchev–Trinajstić information content (AvgIpc) is 2.50. The standard InChI is InChI=1S/C18H19F3N2O/c1-11-4-7-16(10-12(11)2)22-13(3)17(24)23-15-8-5-14(6-9-15)18(19,20)21/h4-10,13,22H,1-3H3,(H,23,24). The lowest BCUT2D eigenvalue weighted by atomic mass is 10.1. The zero-order chi connectivity index (χ0) is 17.9.